The molecule has 0 aromatic heterocycles. The Bertz CT molecular complexity index is 630. The molecule has 6 N–H and O–H groups in total. The molecule has 0 rings (SSSR count). The molecule has 0 aliphatic carbocycles. The Morgan fingerprint density at radius 1 is 0.632 bits per heavy atom. The molecular weight excluding hydrogens is 484 g/mol. The summed E-state index contributed by atoms with van der Waals surface area (Å²) in [6.45, 7) is 3.13. The number of nitrogens with one attached hydrogen (secondary N) is 3. The van der Waals surface area contributed by atoms with Gasteiger partial charge in [0.25, 0.3) is 0 Å². The summed E-state index contributed by atoms with van der Waals surface area (Å²) in [5.41, 5.74) is 5.48. The minimum Gasteiger partial charge on any atom is -0.481 e. The summed E-state index contributed by atoms with van der Waals surface area (Å²) in [7, 11) is 0. The highest BCUT2D eigenvalue weighted by molar-refractivity contribution is 5.87. The van der Waals surface area contributed by atoms with Crippen molar-refractivity contribution in [1.82, 2.24) is 16.0 Å². The first kappa shape index (κ1) is 35.8. The molecule has 0 spiro atoms. The van der Waals surface area contributed by atoms with Crippen molar-refractivity contribution in [2.45, 2.75) is 141 Å². The number of amides is 3. The zero-order valence-corrected chi connectivity index (χ0v) is 24.0. The summed E-state index contributed by atoms with van der Waals surface area (Å²) in [6, 6.07) is -0.562. The van der Waals surface area contributed by atoms with Crippen molar-refractivity contribution in [2.75, 3.05) is 19.6 Å². The summed E-state index contributed by atoms with van der Waals surface area (Å²) < 4.78 is 0. The van der Waals surface area contributed by atoms with E-state index in [1.807, 2.05) is 6.92 Å². The van der Waals surface area contributed by atoms with E-state index < -0.39 is 12.0 Å². The van der Waals surface area contributed by atoms with Crippen LogP contribution in [-0.2, 0) is 19.2 Å². The quantitative estimate of drug-likeness (QED) is 0.0963. The topological polar surface area (TPSA) is 151 Å². The van der Waals surface area contributed by atoms with Crippen molar-refractivity contribution >= 4 is 23.7 Å². The Kier molecular flexibility index (Phi) is 24.9. The number of nitrogens with two attached hydrogens (primary N) is 1. The van der Waals surface area contributed by atoms with E-state index in [0.717, 1.165) is 51.4 Å². The standard InChI is InChI=1S/C29H56N4O5/c1-2-26(34)31-23-18-17-19-25(29(38)32-24-22-30)33-27(35)20-15-13-11-9-7-5-3-4-6-8-10-12-14-16-21-28(36)37/h25H,2-24,30H2,1H3,(H,31,34)(H,32,38)(H,33,35)(H,36,37)/t25-/m0/s1. The molecule has 0 saturated heterocycles. The van der Waals surface area contributed by atoms with E-state index in [1.54, 1.807) is 0 Å². The van der Waals surface area contributed by atoms with Crippen LogP contribution < -0.4 is 21.7 Å². The van der Waals surface area contributed by atoms with Crippen LogP contribution in [0.3, 0.4) is 0 Å². The van der Waals surface area contributed by atoms with E-state index in [9.17, 15) is 19.2 Å². The molecule has 1 atom stereocenters. The molecule has 3 amide bonds. The molecule has 0 saturated carbocycles. The number of carbonyl (C=O) groups excluding carboxylic acids is 3. The summed E-state index contributed by atoms with van der Waals surface area (Å²) in [5.74, 6) is -0.954. The summed E-state index contributed by atoms with van der Waals surface area (Å²) in [4.78, 5) is 46.6. The Morgan fingerprint density at radius 3 is 1.61 bits per heavy atom. The molecule has 0 aliphatic rings. The van der Waals surface area contributed by atoms with Gasteiger partial charge < -0.3 is 26.8 Å². The highest BCUT2D eigenvalue weighted by Gasteiger charge is 2.19. The third kappa shape index (κ3) is 24.2. The second-order valence-electron chi connectivity index (χ2n) is 10.2. The van der Waals surface area contributed by atoms with Gasteiger partial charge in [0.05, 0.1) is 0 Å². The molecule has 9 heteroatoms. The number of unbranched alkanes of at least 4 members (excludes halogenated alkanes) is 14. The first-order valence-electron chi connectivity index (χ1n) is 15.2. The van der Waals surface area contributed by atoms with Gasteiger partial charge >= 0.3 is 5.97 Å². The number of rotatable bonds is 27. The number of hydrogen-bond donors (Lipinski definition) is 5. The van der Waals surface area contributed by atoms with Crippen molar-refractivity contribution in [3.05, 3.63) is 0 Å². The van der Waals surface area contributed by atoms with Crippen LogP contribution in [0.15, 0.2) is 0 Å². The predicted molar refractivity (Wildman–Crippen MR) is 153 cm³/mol. The molecule has 0 heterocycles. The van der Waals surface area contributed by atoms with Gasteiger partial charge in [0.2, 0.25) is 17.7 Å². The van der Waals surface area contributed by atoms with Crippen molar-refractivity contribution in [3.8, 4) is 0 Å². The third-order valence-corrected chi connectivity index (χ3v) is 6.70. The zero-order chi connectivity index (χ0) is 28.3. The van der Waals surface area contributed by atoms with Gasteiger partial charge in [0.1, 0.15) is 6.04 Å². The molecule has 0 aromatic carbocycles. The minimum atomic E-state index is -0.692. The van der Waals surface area contributed by atoms with Gasteiger partial charge in [-0.05, 0) is 32.1 Å². The van der Waals surface area contributed by atoms with Crippen molar-refractivity contribution in [1.29, 1.82) is 0 Å². The fraction of sp³-hybridized carbons (Fsp3) is 0.862. The maximum atomic E-state index is 12.4. The SMILES string of the molecule is CCC(=O)NCCCC[C@H](NC(=O)CCCCCCCCCCCCCCCCC(=O)O)C(=O)NCCN. The van der Waals surface area contributed by atoms with Gasteiger partial charge in [-0.15, -0.1) is 0 Å². The second kappa shape index (κ2) is 26.4. The molecule has 0 fully saturated rings. The highest BCUT2D eigenvalue weighted by Crippen LogP contribution is 2.14. The fourth-order valence-electron chi connectivity index (χ4n) is 4.36. The minimum absolute atomic E-state index is 0.0188. The Labute approximate surface area is 230 Å². The van der Waals surface area contributed by atoms with Crippen molar-refractivity contribution < 1.29 is 24.3 Å². The molecular formula is C29H56N4O5. The average molecular weight is 541 g/mol. The van der Waals surface area contributed by atoms with Crippen LogP contribution in [0, 0.1) is 0 Å². The van der Waals surface area contributed by atoms with Crippen LogP contribution in [0.2, 0.25) is 0 Å². The zero-order valence-electron chi connectivity index (χ0n) is 24.0. The number of aliphatic carboxylic acids is 1. The molecule has 38 heavy (non-hydrogen) atoms. The molecule has 0 radical (unpaired) electrons. The summed E-state index contributed by atoms with van der Waals surface area (Å²) in [5, 5.41) is 17.1. The number of carboxylic acid groups (broad SMARTS) is 1. The number of carbonyl (C=O) groups is 4. The van der Waals surface area contributed by atoms with Crippen LogP contribution >= 0.6 is 0 Å². The molecule has 0 aliphatic heterocycles. The van der Waals surface area contributed by atoms with Gasteiger partial charge in [-0.3, -0.25) is 19.2 Å². The van der Waals surface area contributed by atoms with E-state index in [4.69, 9.17) is 10.8 Å². The van der Waals surface area contributed by atoms with Gasteiger partial charge in [-0.2, -0.15) is 0 Å². The van der Waals surface area contributed by atoms with Gasteiger partial charge in [-0.1, -0.05) is 84.0 Å². The fourth-order valence-corrected chi connectivity index (χ4v) is 4.36. The molecule has 9 nitrogen and oxygen atoms in total. The number of hydrogen-bond acceptors (Lipinski definition) is 5. The summed E-state index contributed by atoms with van der Waals surface area (Å²) >= 11 is 0. The predicted octanol–water partition coefficient (Wildman–Crippen LogP) is 4.57. The first-order chi connectivity index (χ1) is 18.4. The lowest BCUT2D eigenvalue weighted by Crippen LogP contribution is -2.47. The third-order valence-electron chi connectivity index (χ3n) is 6.70. The van der Waals surface area contributed by atoms with Crippen LogP contribution in [-0.4, -0.2) is 54.5 Å². The molecule has 0 unspecified atom stereocenters. The lowest BCUT2D eigenvalue weighted by Gasteiger charge is -2.18. The first-order valence-corrected chi connectivity index (χ1v) is 15.2. The lowest BCUT2D eigenvalue weighted by molar-refractivity contribution is -0.137. The Balaban J connectivity index is 3.79. The maximum absolute atomic E-state index is 12.4. The smallest absolute Gasteiger partial charge is 0.303 e. The maximum Gasteiger partial charge on any atom is 0.303 e. The van der Waals surface area contributed by atoms with Crippen molar-refractivity contribution in [2.24, 2.45) is 5.73 Å². The lowest BCUT2D eigenvalue weighted by atomic mass is 10.0. The summed E-state index contributed by atoms with van der Waals surface area (Å²) in [6.07, 6.45) is 19.2. The Morgan fingerprint density at radius 2 is 1.13 bits per heavy atom. The van der Waals surface area contributed by atoms with E-state index >= 15 is 0 Å². The van der Waals surface area contributed by atoms with Crippen LogP contribution in [0.5, 0.6) is 0 Å². The van der Waals surface area contributed by atoms with Gasteiger partial charge in [0.15, 0.2) is 0 Å². The van der Waals surface area contributed by atoms with E-state index in [2.05, 4.69) is 16.0 Å². The molecule has 222 valence electrons. The highest BCUT2D eigenvalue weighted by atomic mass is 16.4. The monoisotopic (exact) mass is 540 g/mol. The van der Waals surface area contributed by atoms with Gasteiger partial charge in [-0.25, -0.2) is 0 Å². The van der Waals surface area contributed by atoms with Gasteiger partial charge in [0, 0.05) is 38.9 Å². The average Bonchev–Trinajstić information content (AvgIpc) is 2.90. The number of carboxylic acids is 1. The normalized spacial score (nSPS) is 11.6. The van der Waals surface area contributed by atoms with E-state index in [0.29, 0.717) is 45.3 Å². The Hall–Kier alpha value is -2.16. The molecule has 0 aromatic rings. The second-order valence-corrected chi connectivity index (χ2v) is 10.2. The van der Waals surface area contributed by atoms with E-state index in [-0.39, 0.29) is 17.7 Å². The van der Waals surface area contributed by atoms with Crippen LogP contribution in [0.1, 0.15) is 135 Å². The molecule has 0 bridgehead atoms. The van der Waals surface area contributed by atoms with E-state index in [1.165, 1.54) is 51.4 Å². The van der Waals surface area contributed by atoms with Crippen LogP contribution in [0.25, 0.3) is 0 Å². The largest absolute Gasteiger partial charge is 0.481 e. The van der Waals surface area contributed by atoms with Crippen LogP contribution in [0.4, 0.5) is 0 Å². The van der Waals surface area contributed by atoms with Crippen molar-refractivity contribution in [3.63, 3.8) is 0 Å².